The largest absolute Gasteiger partial charge is 0.493 e. The van der Waals surface area contributed by atoms with E-state index in [1.165, 1.54) is 7.11 Å². The molecule has 184 valence electrons. The molecule has 1 atom stereocenters. The molecule has 0 bridgehead atoms. The average Bonchev–Trinajstić information content (AvgIpc) is 3.11. The maximum Gasteiger partial charge on any atom is 0.323 e. The van der Waals surface area contributed by atoms with Crippen LogP contribution in [0.2, 0.25) is 0 Å². The first-order valence-electron chi connectivity index (χ1n) is 11.8. The number of carbonyl (C=O) groups excluding carboxylic acids is 1. The Labute approximate surface area is 209 Å². The fourth-order valence-electron chi connectivity index (χ4n) is 4.69. The maximum absolute atomic E-state index is 13.5. The number of hydrogen-bond donors (Lipinski definition) is 1. The molecule has 0 aliphatic carbocycles. The molecule has 36 heavy (non-hydrogen) atoms. The van der Waals surface area contributed by atoms with Gasteiger partial charge in [0.25, 0.3) is 5.88 Å². The number of para-hydroxylation sites is 2. The molecule has 5 rings (SSSR count). The summed E-state index contributed by atoms with van der Waals surface area (Å²) < 4.78 is 16.6. The number of nitrogens with zero attached hydrogens (tertiary/aromatic N) is 3. The Morgan fingerprint density at radius 1 is 0.889 bits per heavy atom. The normalized spacial score (nSPS) is 15.1. The number of nitrogens with one attached hydrogen (secondary N) is 1. The highest BCUT2D eigenvalue weighted by molar-refractivity contribution is 5.91. The Kier molecular flexibility index (Phi) is 6.58. The van der Waals surface area contributed by atoms with E-state index in [4.69, 9.17) is 14.2 Å². The van der Waals surface area contributed by atoms with Crippen LogP contribution in [0.25, 0.3) is 11.0 Å². The fraction of sp³-hybridized carbons (Fsp3) is 0.250. The van der Waals surface area contributed by atoms with E-state index in [-0.39, 0.29) is 17.8 Å². The maximum atomic E-state index is 13.5. The molecule has 1 unspecified atom stereocenters. The number of methoxy groups -OCH3 is 3. The molecule has 8 nitrogen and oxygen atoms in total. The number of urea groups is 1. The van der Waals surface area contributed by atoms with Gasteiger partial charge in [-0.05, 0) is 47.4 Å². The first-order valence-corrected chi connectivity index (χ1v) is 11.8. The topological polar surface area (TPSA) is 85.8 Å². The lowest BCUT2D eigenvalue weighted by molar-refractivity contribution is 0.212. The monoisotopic (exact) mass is 484 g/mol. The molecule has 0 saturated heterocycles. The van der Waals surface area contributed by atoms with E-state index >= 15 is 0 Å². The minimum Gasteiger partial charge on any atom is -0.493 e. The quantitative estimate of drug-likeness (QED) is 0.435. The molecule has 2 amide bonds. The summed E-state index contributed by atoms with van der Waals surface area (Å²) in [6.45, 7) is 1.02. The number of ether oxygens (including phenoxy) is 3. The third-order valence-electron chi connectivity index (χ3n) is 6.52. The van der Waals surface area contributed by atoms with Gasteiger partial charge in [-0.3, -0.25) is 5.32 Å². The highest BCUT2D eigenvalue weighted by Crippen LogP contribution is 2.39. The van der Waals surface area contributed by atoms with Crippen molar-refractivity contribution < 1.29 is 19.0 Å². The zero-order valence-electron chi connectivity index (χ0n) is 20.5. The second-order valence-corrected chi connectivity index (χ2v) is 8.57. The Morgan fingerprint density at radius 3 is 2.25 bits per heavy atom. The van der Waals surface area contributed by atoms with Gasteiger partial charge < -0.3 is 19.1 Å². The standard InChI is InChI=1S/C28H28N4O4/c1-34-24-15-19-13-14-32(17-21(18-9-5-4-6-10-18)20(19)16-25(24)35-2)28(33)31-26-27(36-3)30-23-12-8-7-11-22(23)29-26/h4-12,15-16,21H,13-14,17H2,1-3H3,(H,29,31,33). The van der Waals surface area contributed by atoms with Gasteiger partial charge in [0.15, 0.2) is 17.3 Å². The minimum atomic E-state index is -0.259. The summed E-state index contributed by atoms with van der Waals surface area (Å²) in [5.41, 5.74) is 4.74. The van der Waals surface area contributed by atoms with Crippen LogP contribution in [0.4, 0.5) is 10.6 Å². The fourth-order valence-corrected chi connectivity index (χ4v) is 4.69. The summed E-state index contributed by atoms with van der Waals surface area (Å²) in [5, 5.41) is 2.93. The zero-order chi connectivity index (χ0) is 25.1. The van der Waals surface area contributed by atoms with Crippen molar-refractivity contribution in [3.05, 3.63) is 83.4 Å². The summed E-state index contributed by atoms with van der Waals surface area (Å²) in [7, 11) is 4.78. The number of fused-ring (bicyclic) bond motifs is 2. The Bertz CT molecular complexity index is 1390. The summed E-state index contributed by atoms with van der Waals surface area (Å²) in [4.78, 5) is 24.4. The van der Waals surface area contributed by atoms with Crippen molar-refractivity contribution in [1.82, 2.24) is 14.9 Å². The van der Waals surface area contributed by atoms with Crippen LogP contribution >= 0.6 is 0 Å². The van der Waals surface area contributed by atoms with E-state index in [0.29, 0.717) is 47.9 Å². The molecule has 1 N–H and O–H groups in total. The van der Waals surface area contributed by atoms with Crippen molar-refractivity contribution in [2.75, 3.05) is 39.7 Å². The molecule has 1 aliphatic rings. The van der Waals surface area contributed by atoms with Crippen molar-refractivity contribution in [3.63, 3.8) is 0 Å². The summed E-state index contributed by atoms with van der Waals surface area (Å²) in [6, 6.07) is 21.5. The highest BCUT2D eigenvalue weighted by atomic mass is 16.5. The zero-order valence-corrected chi connectivity index (χ0v) is 20.5. The highest BCUT2D eigenvalue weighted by Gasteiger charge is 2.29. The van der Waals surface area contributed by atoms with Gasteiger partial charge in [-0.15, -0.1) is 0 Å². The number of hydrogen-bond acceptors (Lipinski definition) is 6. The molecule has 0 radical (unpaired) electrons. The van der Waals surface area contributed by atoms with Crippen LogP contribution < -0.4 is 19.5 Å². The van der Waals surface area contributed by atoms with Crippen molar-refractivity contribution in [2.45, 2.75) is 12.3 Å². The third-order valence-corrected chi connectivity index (χ3v) is 6.52. The first-order chi connectivity index (χ1) is 17.6. The van der Waals surface area contributed by atoms with Crippen LogP contribution in [0.1, 0.15) is 22.6 Å². The van der Waals surface area contributed by atoms with Gasteiger partial charge in [-0.2, -0.15) is 0 Å². The number of amides is 2. The predicted octanol–water partition coefficient (Wildman–Crippen LogP) is 4.88. The number of benzene rings is 3. The molecule has 1 aromatic heterocycles. The van der Waals surface area contributed by atoms with Crippen LogP contribution in [0.5, 0.6) is 17.4 Å². The lowest BCUT2D eigenvalue weighted by Gasteiger charge is -2.26. The van der Waals surface area contributed by atoms with Crippen LogP contribution in [0.3, 0.4) is 0 Å². The average molecular weight is 485 g/mol. The van der Waals surface area contributed by atoms with Gasteiger partial charge in [0.1, 0.15) is 0 Å². The Hall–Kier alpha value is -4.33. The Balaban J connectivity index is 1.49. The number of aromatic nitrogens is 2. The second kappa shape index (κ2) is 10.1. The van der Waals surface area contributed by atoms with Gasteiger partial charge in [0, 0.05) is 19.0 Å². The van der Waals surface area contributed by atoms with Gasteiger partial charge in [-0.1, -0.05) is 42.5 Å². The molecule has 0 spiro atoms. The predicted molar refractivity (Wildman–Crippen MR) is 138 cm³/mol. The van der Waals surface area contributed by atoms with Crippen molar-refractivity contribution in [1.29, 1.82) is 0 Å². The summed E-state index contributed by atoms with van der Waals surface area (Å²) >= 11 is 0. The van der Waals surface area contributed by atoms with E-state index < -0.39 is 0 Å². The molecule has 0 saturated carbocycles. The van der Waals surface area contributed by atoms with Gasteiger partial charge >= 0.3 is 6.03 Å². The van der Waals surface area contributed by atoms with Gasteiger partial charge in [-0.25, -0.2) is 14.8 Å². The van der Waals surface area contributed by atoms with E-state index in [1.54, 1.807) is 14.2 Å². The smallest absolute Gasteiger partial charge is 0.323 e. The number of rotatable bonds is 5. The van der Waals surface area contributed by atoms with Crippen molar-refractivity contribution >= 4 is 22.9 Å². The van der Waals surface area contributed by atoms with E-state index in [2.05, 4.69) is 27.4 Å². The first kappa shape index (κ1) is 23.4. The molecule has 2 heterocycles. The van der Waals surface area contributed by atoms with Crippen molar-refractivity contribution in [3.8, 4) is 17.4 Å². The van der Waals surface area contributed by atoms with E-state index in [9.17, 15) is 4.79 Å². The molecule has 3 aromatic carbocycles. The molecule has 8 heteroatoms. The molecular weight excluding hydrogens is 456 g/mol. The van der Waals surface area contributed by atoms with Gasteiger partial charge in [0.2, 0.25) is 0 Å². The molecular formula is C28H28N4O4. The SMILES string of the molecule is COc1cc2c(cc1OC)C(c1ccccc1)CN(C(=O)Nc1nc3ccccc3nc1OC)CC2. The summed E-state index contributed by atoms with van der Waals surface area (Å²) in [6.07, 6.45) is 0.674. The van der Waals surface area contributed by atoms with E-state index in [0.717, 1.165) is 16.7 Å². The number of carbonyl (C=O) groups is 1. The molecule has 0 fully saturated rings. The van der Waals surface area contributed by atoms with Gasteiger partial charge in [0.05, 0.1) is 32.4 Å². The minimum absolute atomic E-state index is 0.0427. The lowest BCUT2D eigenvalue weighted by Crippen LogP contribution is -2.38. The lowest BCUT2D eigenvalue weighted by atomic mass is 9.87. The second-order valence-electron chi connectivity index (χ2n) is 8.57. The van der Waals surface area contributed by atoms with Crippen LogP contribution in [0, 0.1) is 0 Å². The molecule has 1 aliphatic heterocycles. The van der Waals surface area contributed by atoms with E-state index in [1.807, 2.05) is 59.5 Å². The van der Waals surface area contributed by atoms with Crippen LogP contribution in [-0.4, -0.2) is 55.3 Å². The van der Waals surface area contributed by atoms with Crippen molar-refractivity contribution in [2.24, 2.45) is 0 Å². The Morgan fingerprint density at radius 2 is 1.56 bits per heavy atom. The number of anilines is 1. The third kappa shape index (κ3) is 4.49. The van der Waals surface area contributed by atoms with Crippen LogP contribution in [-0.2, 0) is 6.42 Å². The summed E-state index contributed by atoms with van der Waals surface area (Å²) in [5.74, 6) is 1.87. The van der Waals surface area contributed by atoms with Crippen LogP contribution in [0.15, 0.2) is 66.7 Å². The molecule has 4 aromatic rings.